The van der Waals surface area contributed by atoms with Gasteiger partial charge in [-0.15, -0.1) is 0 Å². The van der Waals surface area contributed by atoms with Crippen molar-refractivity contribution in [3.05, 3.63) is 18.0 Å². The zero-order valence-corrected chi connectivity index (χ0v) is 12.2. The van der Waals surface area contributed by atoms with Gasteiger partial charge in [0.2, 0.25) is 5.91 Å². The minimum absolute atomic E-state index is 0.0753. The molecule has 0 spiro atoms. The lowest BCUT2D eigenvalue weighted by Gasteiger charge is -2.10. The zero-order chi connectivity index (χ0) is 14.7. The Labute approximate surface area is 118 Å². The Morgan fingerprint density at radius 1 is 1.55 bits per heavy atom. The van der Waals surface area contributed by atoms with E-state index in [2.05, 4.69) is 22.3 Å². The molecule has 2 rings (SSSR count). The molecule has 1 unspecified atom stereocenters. The van der Waals surface area contributed by atoms with E-state index in [-0.39, 0.29) is 11.9 Å². The van der Waals surface area contributed by atoms with Crippen LogP contribution in [0.5, 0.6) is 0 Å². The largest absolute Gasteiger partial charge is 0.327 e. The van der Waals surface area contributed by atoms with Crippen molar-refractivity contribution in [3.63, 3.8) is 0 Å². The summed E-state index contributed by atoms with van der Waals surface area (Å²) < 4.78 is 1.73. The van der Waals surface area contributed by atoms with Crippen LogP contribution in [0, 0.1) is 6.92 Å². The quantitative estimate of drug-likeness (QED) is 0.870. The van der Waals surface area contributed by atoms with Gasteiger partial charge in [-0.3, -0.25) is 9.48 Å². The molecule has 6 heteroatoms. The standard InChI is InChI=1S/C14H21N5O/c1-4-5-10(15)6-13(20)17-11-7-12-9(2)18-19(3)14(12)16-8-11/h7-8,10H,4-6,15H2,1-3H3,(H,17,20). The summed E-state index contributed by atoms with van der Waals surface area (Å²) in [6.45, 7) is 3.98. The number of anilines is 1. The fourth-order valence-electron chi connectivity index (χ4n) is 2.30. The van der Waals surface area contributed by atoms with E-state index in [0.29, 0.717) is 12.1 Å². The summed E-state index contributed by atoms with van der Waals surface area (Å²) >= 11 is 0. The Morgan fingerprint density at radius 2 is 2.30 bits per heavy atom. The van der Waals surface area contributed by atoms with Crippen molar-refractivity contribution in [1.29, 1.82) is 0 Å². The van der Waals surface area contributed by atoms with Gasteiger partial charge in [0, 0.05) is 24.9 Å². The van der Waals surface area contributed by atoms with E-state index >= 15 is 0 Å². The number of aromatic nitrogens is 3. The molecule has 2 heterocycles. The number of amides is 1. The Kier molecular flexibility index (Phi) is 4.34. The van der Waals surface area contributed by atoms with Crippen LogP contribution in [0.2, 0.25) is 0 Å². The monoisotopic (exact) mass is 275 g/mol. The van der Waals surface area contributed by atoms with Gasteiger partial charge in [0.15, 0.2) is 5.65 Å². The van der Waals surface area contributed by atoms with Crippen LogP contribution < -0.4 is 11.1 Å². The number of nitrogens with zero attached hydrogens (tertiary/aromatic N) is 3. The maximum absolute atomic E-state index is 11.9. The number of nitrogens with one attached hydrogen (secondary N) is 1. The van der Waals surface area contributed by atoms with E-state index in [9.17, 15) is 4.79 Å². The van der Waals surface area contributed by atoms with Gasteiger partial charge in [0.1, 0.15) is 0 Å². The van der Waals surface area contributed by atoms with Crippen molar-refractivity contribution in [1.82, 2.24) is 14.8 Å². The van der Waals surface area contributed by atoms with Crippen molar-refractivity contribution >= 4 is 22.6 Å². The molecule has 0 saturated heterocycles. The number of carbonyl (C=O) groups is 1. The van der Waals surface area contributed by atoms with E-state index in [1.165, 1.54) is 0 Å². The summed E-state index contributed by atoms with van der Waals surface area (Å²) in [4.78, 5) is 16.2. The maximum atomic E-state index is 11.9. The molecule has 0 saturated carbocycles. The average molecular weight is 275 g/mol. The van der Waals surface area contributed by atoms with Gasteiger partial charge in [0.25, 0.3) is 0 Å². The second-order valence-electron chi connectivity index (χ2n) is 5.11. The van der Waals surface area contributed by atoms with Crippen molar-refractivity contribution in [3.8, 4) is 0 Å². The third-order valence-electron chi connectivity index (χ3n) is 3.25. The minimum atomic E-state index is -0.0863. The molecular formula is C14H21N5O. The van der Waals surface area contributed by atoms with Crippen LogP contribution in [0.4, 0.5) is 5.69 Å². The lowest BCUT2D eigenvalue weighted by Crippen LogP contribution is -2.26. The normalized spacial score (nSPS) is 12.6. The number of aryl methyl sites for hydroxylation is 2. The third-order valence-corrected chi connectivity index (χ3v) is 3.25. The highest BCUT2D eigenvalue weighted by Crippen LogP contribution is 2.19. The van der Waals surface area contributed by atoms with Crippen molar-refractivity contribution < 1.29 is 4.79 Å². The zero-order valence-electron chi connectivity index (χ0n) is 12.2. The molecule has 2 aromatic rings. The first-order chi connectivity index (χ1) is 9.51. The molecule has 0 radical (unpaired) electrons. The van der Waals surface area contributed by atoms with E-state index in [1.807, 2.05) is 20.0 Å². The first kappa shape index (κ1) is 14.5. The average Bonchev–Trinajstić information content (AvgIpc) is 2.64. The van der Waals surface area contributed by atoms with Gasteiger partial charge in [-0.1, -0.05) is 13.3 Å². The lowest BCUT2D eigenvalue weighted by molar-refractivity contribution is -0.116. The Hall–Kier alpha value is -1.95. The molecule has 3 N–H and O–H groups in total. The molecule has 0 aromatic carbocycles. The molecular weight excluding hydrogens is 254 g/mol. The highest BCUT2D eigenvalue weighted by atomic mass is 16.1. The topological polar surface area (TPSA) is 85.8 Å². The van der Waals surface area contributed by atoms with Gasteiger partial charge >= 0.3 is 0 Å². The SMILES string of the molecule is CCCC(N)CC(=O)Nc1cnc2c(c1)c(C)nn2C. The van der Waals surface area contributed by atoms with Crippen molar-refractivity contribution in [2.45, 2.75) is 39.2 Å². The van der Waals surface area contributed by atoms with Gasteiger partial charge in [-0.2, -0.15) is 5.10 Å². The molecule has 108 valence electrons. The molecule has 0 aliphatic rings. The predicted octanol–water partition coefficient (Wildman–Crippen LogP) is 1.73. The Balaban J connectivity index is 2.10. The first-order valence-corrected chi connectivity index (χ1v) is 6.86. The number of carbonyl (C=O) groups excluding carboxylic acids is 1. The van der Waals surface area contributed by atoms with E-state index < -0.39 is 0 Å². The summed E-state index contributed by atoms with van der Waals surface area (Å²) in [5.41, 5.74) is 8.26. The molecule has 2 aromatic heterocycles. The predicted molar refractivity (Wildman–Crippen MR) is 79.4 cm³/mol. The van der Waals surface area contributed by atoms with Gasteiger partial charge in [-0.05, 0) is 19.4 Å². The Morgan fingerprint density at radius 3 is 3.00 bits per heavy atom. The second-order valence-corrected chi connectivity index (χ2v) is 5.11. The highest BCUT2D eigenvalue weighted by Gasteiger charge is 2.11. The summed E-state index contributed by atoms with van der Waals surface area (Å²) in [5.74, 6) is -0.0753. The molecule has 1 amide bonds. The van der Waals surface area contributed by atoms with Crippen molar-refractivity contribution in [2.24, 2.45) is 12.8 Å². The maximum Gasteiger partial charge on any atom is 0.225 e. The van der Waals surface area contributed by atoms with E-state index in [4.69, 9.17) is 5.73 Å². The number of nitrogens with two attached hydrogens (primary N) is 1. The Bertz CT molecular complexity index is 619. The number of hydrogen-bond donors (Lipinski definition) is 2. The van der Waals surface area contributed by atoms with Crippen LogP contribution in [0.25, 0.3) is 11.0 Å². The summed E-state index contributed by atoms with van der Waals surface area (Å²) in [6.07, 6.45) is 3.81. The number of fused-ring (bicyclic) bond motifs is 1. The third kappa shape index (κ3) is 3.14. The van der Waals surface area contributed by atoms with E-state index in [1.54, 1.807) is 10.9 Å². The van der Waals surface area contributed by atoms with Crippen molar-refractivity contribution in [2.75, 3.05) is 5.32 Å². The molecule has 0 aliphatic carbocycles. The summed E-state index contributed by atoms with van der Waals surface area (Å²) in [5, 5.41) is 8.09. The van der Waals surface area contributed by atoms with Crippen LogP contribution in [-0.4, -0.2) is 26.7 Å². The second kappa shape index (κ2) is 6.00. The molecule has 20 heavy (non-hydrogen) atoms. The van der Waals surface area contributed by atoms with Crippen LogP contribution in [0.1, 0.15) is 31.9 Å². The first-order valence-electron chi connectivity index (χ1n) is 6.86. The fourth-order valence-corrected chi connectivity index (χ4v) is 2.30. The molecule has 6 nitrogen and oxygen atoms in total. The van der Waals surface area contributed by atoms with Gasteiger partial charge < -0.3 is 11.1 Å². The van der Waals surface area contributed by atoms with Crippen LogP contribution in [0.15, 0.2) is 12.3 Å². The molecule has 0 bridgehead atoms. The molecule has 0 aliphatic heterocycles. The fraction of sp³-hybridized carbons (Fsp3) is 0.500. The molecule has 0 fully saturated rings. The van der Waals surface area contributed by atoms with Crippen LogP contribution in [-0.2, 0) is 11.8 Å². The molecule has 1 atom stereocenters. The smallest absolute Gasteiger partial charge is 0.225 e. The summed E-state index contributed by atoms with van der Waals surface area (Å²) in [6, 6.07) is 1.81. The lowest BCUT2D eigenvalue weighted by atomic mass is 10.1. The highest BCUT2D eigenvalue weighted by molar-refractivity contribution is 5.93. The number of rotatable bonds is 5. The van der Waals surface area contributed by atoms with Crippen LogP contribution >= 0.6 is 0 Å². The van der Waals surface area contributed by atoms with Gasteiger partial charge in [0.05, 0.1) is 17.6 Å². The summed E-state index contributed by atoms with van der Waals surface area (Å²) in [7, 11) is 1.85. The minimum Gasteiger partial charge on any atom is -0.327 e. The number of pyridine rings is 1. The number of hydrogen-bond acceptors (Lipinski definition) is 4. The van der Waals surface area contributed by atoms with E-state index in [0.717, 1.165) is 29.6 Å². The van der Waals surface area contributed by atoms with Gasteiger partial charge in [-0.25, -0.2) is 4.98 Å². The van der Waals surface area contributed by atoms with Crippen LogP contribution in [0.3, 0.4) is 0 Å².